The van der Waals surface area contributed by atoms with Gasteiger partial charge in [-0.15, -0.1) is 0 Å². The Kier molecular flexibility index (Phi) is 4.94. The van der Waals surface area contributed by atoms with E-state index in [0.29, 0.717) is 20.9 Å². The highest BCUT2D eigenvalue weighted by Gasteiger charge is 2.12. The number of aromatic nitrogens is 2. The Morgan fingerprint density at radius 3 is 2.60 bits per heavy atom. The highest BCUT2D eigenvalue weighted by atomic mass is 35.5. The van der Waals surface area contributed by atoms with Crippen molar-refractivity contribution in [3.63, 3.8) is 0 Å². The molecular weight excluding hydrogens is 302 g/mol. The fourth-order valence-electron chi connectivity index (χ4n) is 1.60. The Labute approximate surface area is 125 Å². The van der Waals surface area contributed by atoms with Gasteiger partial charge in [0, 0.05) is 16.9 Å². The van der Waals surface area contributed by atoms with Crippen LogP contribution in [0.4, 0.5) is 8.78 Å². The van der Waals surface area contributed by atoms with Crippen molar-refractivity contribution in [3.05, 3.63) is 46.4 Å². The standard InChI is InChI=1S/C14H13ClF2N2S/c1-3-4-12-18-13(15)8(2)14(19-12)20-9-5-6-10(16)11(17)7-9/h5-7H,3-4H2,1-2H3. The molecule has 0 saturated carbocycles. The van der Waals surface area contributed by atoms with E-state index in [2.05, 4.69) is 9.97 Å². The second kappa shape index (κ2) is 6.50. The van der Waals surface area contributed by atoms with Crippen molar-refractivity contribution in [1.82, 2.24) is 9.97 Å². The van der Waals surface area contributed by atoms with Crippen LogP contribution in [0.1, 0.15) is 24.7 Å². The molecule has 0 aliphatic heterocycles. The summed E-state index contributed by atoms with van der Waals surface area (Å²) in [5, 5.41) is 1.06. The Morgan fingerprint density at radius 1 is 1.20 bits per heavy atom. The maximum Gasteiger partial charge on any atom is 0.159 e. The molecule has 1 aromatic carbocycles. The molecule has 0 radical (unpaired) electrons. The molecular formula is C14H13ClF2N2S. The summed E-state index contributed by atoms with van der Waals surface area (Å²) in [4.78, 5) is 9.20. The first-order chi connectivity index (χ1) is 9.51. The fraction of sp³-hybridized carbons (Fsp3) is 0.286. The summed E-state index contributed by atoms with van der Waals surface area (Å²) >= 11 is 7.33. The van der Waals surface area contributed by atoms with Gasteiger partial charge in [-0.2, -0.15) is 0 Å². The zero-order valence-corrected chi connectivity index (χ0v) is 12.7. The molecule has 0 unspecified atom stereocenters. The zero-order chi connectivity index (χ0) is 14.7. The van der Waals surface area contributed by atoms with E-state index >= 15 is 0 Å². The number of aryl methyl sites for hydroxylation is 1. The van der Waals surface area contributed by atoms with Gasteiger partial charge in [-0.05, 0) is 31.5 Å². The van der Waals surface area contributed by atoms with Crippen molar-refractivity contribution in [3.8, 4) is 0 Å². The smallest absolute Gasteiger partial charge is 0.159 e. The monoisotopic (exact) mass is 314 g/mol. The molecule has 0 spiro atoms. The lowest BCUT2D eigenvalue weighted by molar-refractivity contribution is 0.506. The van der Waals surface area contributed by atoms with Crippen molar-refractivity contribution < 1.29 is 8.78 Å². The van der Waals surface area contributed by atoms with Gasteiger partial charge in [0.15, 0.2) is 11.6 Å². The maximum absolute atomic E-state index is 13.2. The number of halogens is 3. The Hall–Kier alpha value is -1.20. The normalized spacial score (nSPS) is 10.8. The van der Waals surface area contributed by atoms with Gasteiger partial charge in [-0.1, -0.05) is 30.3 Å². The molecule has 0 aliphatic carbocycles. The number of hydrogen-bond acceptors (Lipinski definition) is 3. The summed E-state index contributed by atoms with van der Waals surface area (Å²) in [7, 11) is 0. The van der Waals surface area contributed by atoms with Gasteiger partial charge >= 0.3 is 0 Å². The van der Waals surface area contributed by atoms with E-state index in [1.165, 1.54) is 17.8 Å². The van der Waals surface area contributed by atoms with E-state index < -0.39 is 11.6 Å². The van der Waals surface area contributed by atoms with E-state index in [-0.39, 0.29) is 0 Å². The molecule has 0 aliphatic rings. The van der Waals surface area contributed by atoms with Crippen molar-refractivity contribution in [1.29, 1.82) is 0 Å². The Bertz CT molecular complexity index is 635. The highest BCUT2D eigenvalue weighted by molar-refractivity contribution is 7.99. The molecule has 1 aromatic heterocycles. The van der Waals surface area contributed by atoms with E-state index in [0.717, 1.165) is 30.5 Å². The van der Waals surface area contributed by atoms with Crippen molar-refractivity contribution in [2.24, 2.45) is 0 Å². The second-order valence-corrected chi connectivity index (χ2v) is 5.71. The summed E-state index contributed by atoms with van der Waals surface area (Å²) < 4.78 is 26.1. The van der Waals surface area contributed by atoms with Crippen LogP contribution in [-0.2, 0) is 6.42 Å². The third-order valence-corrected chi connectivity index (χ3v) is 4.12. The van der Waals surface area contributed by atoms with E-state index in [9.17, 15) is 8.78 Å². The van der Waals surface area contributed by atoms with Gasteiger partial charge in [0.25, 0.3) is 0 Å². The number of rotatable bonds is 4. The highest BCUT2D eigenvalue weighted by Crippen LogP contribution is 2.32. The predicted octanol–water partition coefficient (Wildman–Crippen LogP) is 4.82. The average Bonchev–Trinajstić information content (AvgIpc) is 2.40. The molecule has 106 valence electrons. The summed E-state index contributed by atoms with van der Waals surface area (Å²) in [6.45, 7) is 3.83. The molecule has 6 heteroatoms. The average molecular weight is 315 g/mol. The quantitative estimate of drug-likeness (QED) is 0.757. The molecule has 1 heterocycles. The molecule has 20 heavy (non-hydrogen) atoms. The molecule has 0 N–H and O–H groups in total. The maximum atomic E-state index is 13.2. The summed E-state index contributed by atoms with van der Waals surface area (Å²) in [6, 6.07) is 3.76. The number of benzene rings is 1. The molecule has 0 amide bonds. The minimum Gasteiger partial charge on any atom is -0.226 e. The van der Waals surface area contributed by atoms with Crippen LogP contribution >= 0.6 is 23.4 Å². The molecule has 0 fully saturated rings. The van der Waals surface area contributed by atoms with Crippen LogP contribution in [0.2, 0.25) is 5.15 Å². The van der Waals surface area contributed by atoms with Crippen LogP contribution in [0, 0.1) is 18.6 Å². The van der Waals surface area contributed by atoms with Crippen LogP contribution in [0.25, 0.3) is 0 Å². The molecule has 2 rings (SSSR count). The van der Waals surface area contributed by atoms with Gasteiger partial charge in [0.1, 0.15) is 16.0 Å². The topological polar surface area (TPSA) is 25.8 Å². The van der Waals surface area contributed by atoms with Crippen molar-refractivity contribution in [2.45, 2.75) is 36.6 Å². The minimum atomic E-state index is -0.874. The molecule has 0 saturated heterocycles. The van der Waals surface area contributed by atoms with Crippen LogP contribution in [0.3, 0.4) is 0 Å². The number of nitrogens with zero attached hydrogens (tertiary/aromatic N) is 2. The Balaban J connectivity index is 2.34. The van der Waals surface area contributed by atoms with Crippen LogP contribution in [0.15, 0.2) is 28.1 Å². The molecule has 0 bridgehead atoms. The van der Waals surface area contributed by atoms with Gasteiger partial charge in [0.05, 0.1) is 0 Å². The van der Waals surface area contributed by atoms with Gasteiger partial charge in [-0.3, -0.25) is 0 Å². The van der Waals surface area contributed by atoms with Crippen LogP contribution in [0.5, 0.6) is 0 Å². The summed E-state index contributed by atoms with van der Waals surface area (Å²) in [6.07, 6.45) is 1.64. The third kappa shape index (κ3) is 3.46. The second-order valence-electron chi connectivity index (χ2n) is 4.29. The van der Waals surface area contributed by atoms with E-state index in [1.807, 2.05) is 6.92 Å². The van der Waals surface area contributed by atoms with Gasteiger partial charge in [-0.25, -0.2) is 18.7 Å². The SMILES string of the molecule is CCCc1nc(Cl)c(C)c(Sc2ccc(F)c(F)c2)n1. The first kappa shape index (κ1) is 15.2. The first-order valence-corrected chi connectivity index (χ1v) is 7.36. The lowest BCUT2D eigenvalue weighted by Crippen LogP contribution is -1.99. The lowest BCUT2D eigenvalue weighted by atomic mass is 10.3. The van der Waals surface area contributed by atoms with Gasteiger partial charge < -0.3 is 0 Å². The van der Waals surface area contributed by atoms with E-state index in [4.69, 9.17) is 11.6 Å². The lowest BCUT2D eigenvalue weighted by Gasteiger charge is -2.08. The van der Waals surface area contributed by atoms with Crippen LogP contribution in [-0.4, -0.2) is 9.97 Å². The molecule has 0 atom stereocenters. The van der Waals surface area contributed by atoms with Gasteiger partial charge in [0.2, 0.25) is 0 Å². The summed E-state index contributed by atoms with van der Waals surface area (Å²) in [5.74, 6) is -1.08. The number of hydrogen-bond donors (Lipinski definition) is 0. The minimum absolute atomic E-state index is 0.397. The third-order valence-electron chi connectivity index (χ3n) is 2.67. The largest absolute Gasteiger partial charge is 0.226 e. The first-order valence-electron chi connectivity index (χ1n) is 6.17. The summed E-state index contributed by atoms with van der Waals surface area (Å²) in [5.41, 5.74) is 0.737. The molecule has 2 aromatic rings. The predicted molar refractivity (Wildman–Crippen MR) is 76.3 cm³/mol. The molecule has 2 nitrogen and oxygen atoms in total. The van der Waals surface area contributed by atoms with Crippen molar-refractivity contribution in [2.75, 3.05) is 0 Å². The fourth-order valence-corrected chi connectivity index (χ4v) is 2.76. The zero-order valence-electron chi connectivity index (χ0n) is 11.1. The van der Waals surface area contributed by atoms with E-state index in [1.54, 1.807) is 6.92 Å². The van der Waals surface area contributed by atoms with Crippen molar-refractivity contribution >= 4 is 23.4 Å². The Morgan fingerprint density at radius 2 is 1.95 bits per heavy atom. The van der Waals surface area contributed by atoms with Crippen LogP contribution < -0.4 is 0 Å².